The largest absolute Gasteiger partial charge is 0.479 e. The minimum absolute atomic E-state index is 0.00623. The summed E-state index contributed by atoms with van der Waals surface area (Å²) in [5.74, 6) is 0.614. The first-order valence-electron chi connectivity index (χ1n) is 32.1. The van der Waals surface area contributed by atoms with Crippen LogP contribution in [-0.4, -0.2) is 113 Å². The fourth-order valence-electron chi connectivity index (χ4n) is 11.0. The number of benzene rings is 5. The van der Waals surface area contributed by atoms with Gasteiger partial charge in [0.05, 0.1) is 60.4 Å². The molecule has 0 radical (unpaired) electrons. The quantitative estimate of drug-likeness (QED) is 0.0475. The molecule has 100 heavy (non-hydrogen) atoms. The van der Waals surface area contributed by atoms with Crippen molar-refractivity contribution in [2.24, 2.45) is 22.8 Å². The number of carbonyl (C=O) groups excluding carboxylic acids is 4. The first-order valence-corrected chi connectivity index (χ1v) is 34.4. The number of aromatic nitrogens is 5. The van der Waals surface area contributed by atoms with Gasteiger partial charge in [-0.3, -0.25) is 23.9 Å². The summed E-state index contributed by atoms with van der Waals surface area (Å²) in [7, 11) is -2.02. The summed E-state index contributed by atoms with van der Waals surface area (Å²) in [5, 5.41) is 10.7. The second-order valence-corrected chi connectivity index (χ2v) is 26.6. The number of aryl methyl sites for hydroxylation is 4. The molecule has 11 rings (SSSR count). The lowest BCUT2D eigenvalue weighted by atomic mass is 9.82. The molecule has 0 saturated carbocycles. The normalized spacial score (nSPS) is 13.9. The molecule has 0 saturated heterocycles. The first kappa shape index (κ1) is 75.4. The Morgan fingerprint density at radius 3 is 1.96 bits per heavy atom. The van der Waals surface area contributed by atoms with Gasteiger partial charge >= 0.3 is 17.9 Å². The summed E-state index contributed by atoms with van der Waals surface area (Å²) < 4.78 is 74.5. The van der Waals surface area contributed by atoms with Crippen LogP contribution >= 0.6 is 11.6 Å². The van der Waals surface area contributed by atoms with Gasteiger partial charge in [-0.05, 0) is 126 Å². The molecular weight excluding hydrogens is 1330 g/mol. The Morgan fingerprint density at radius 1 is 0.800 bits per heavy atom. The van der Waals surface area contributed by atoms with E-state index in [1.807, 2.05) is 81.4 Å². The highest BCUT2D eigenvalue weighted by Crippen LogP contribution is 2.42. The third-order valence-electron chi connectivity index (χ3n) is 16.0. The van der Waals surface area contributed by atoms with Crippen molar-refractivity contribution in [1.29, 1.82) is 0 Å². The molecule has 526 valence electrons. The number of nitrogens with zero attached hydrogens (tertiary/aromatic N) is 6. The molecule has 6 heterocycles. The summed E-state index contributed by atoms with van der Waals surface area (Å²) in [6, 6.07) is 34.0. The fraction of sp³-hybridized carbons (Fsp3) is 0.338. The molecule has 0 fully saturated rings. The standard InChI is InChI=1S/C23H32N2O4.C18H17NO3.C17H13ClFNO4.C16H17N3O5S/c1-7-16-13-15(3)14-17(8-2)18(16)19-20(26)24-9-11-28-12-10-25(24)21(19)29-22(27)23(4,5)6;1-2-21-17(20)16-13-18(22-19-16,14-9-5-3-6-10-14)15-11-7-4-8-12-15;1-3-8-22-17(21)11(2)23-13-4-6-14(7-5-13)24-16-15(19)9-12(18)10-20-16;1-9-10(15(20)11-8-17-19(2)16(11)21)4-5-13(25(3,22)23)14(9)12-6-7-24-18-12/h13-14H,7-12H2,1-6H3;3-12H,2,13H2,1H3;1,4-7,9-11H,8H2,2H3;4-5,8,17H,6-7H2,1-3H3/t;;11-;/m..1./s1. The third-order valence-corrected chi connectivity index (χ3v) is 17.3. The topological polar surface area (TPSA) is 279 Å². The van der Waals surface area contributed by atoms with E-state index < -0.39 is 56.1 Å². The van der Waals surface area contributed by atoms with Gasteiger partial charge in [0.1, 0.15) is 29.2 Å². The van der Waals surface area contributed by atoms with Crippen molar-refractivity contribution < 1.29 is 70.1 Å². The number of fused-ring (bicyclic) bond motifs is 1. The molecular formula is C74H79ClFN7O16S. The Labute approximate surface area is 583 Å². The third kappa shape index (κ3) is 17.9. The number of rotatable bonds is 18. The molecule has 5 aromatic carbocycles. The van der Waals surface area contributed by atoms with Gasteiger partial charge in [0.2, 0.25) is 5.88 Å². The van der Waals surface area contributed by atoms with Crippen LogP contribution in [0.1, 0.15) is 116 Å². The van der Waals surface area contributed by atoms with Crippen LogP contribution in [0.5, 0.6) is 23.3 Å². The Morgan fingerprint density at radius 2 is 1.42 bits per heavy atom. The average Bonchev–Trinajstić information content (AvgIpc) is 1.60. The number of halogens is 2. The number of esters is 3. The molecule has 3 aliphatic rings. The van der Waals surface area contributed by atoms with E-state index in [1.165, 1.54) is 48.7 Å². The van der Waals surface area contributed by atoms with Gasteiger partial charge in [-0.25, -0.2) is 36.7 Å². The van der Waals surface area contributed by atoms with Crippen molar-refractivity contribution in [2.75, 3.05) is 39.3 Å². The number of hydrogen-bond donors (Lipinski definition) is 1. The van der Waals surface area contributed by atoms with Crippen molar-refractivity contribution in [2.45, 2.75) is 118 Å². The highest BCUT2D eigenvalue weighted by Gasteiger charge is 2.45. The Bertz CT molecular complexity index is 4580. The zero-order valence-electron chi connectivity index (χ0n) is 57.4. The van der Waals surface area contributed by atoms with Crippen LogP contribution in [0.4, 0.5) is 4.39 Å². The highest BCUT2D eigenvalue weighted by atomic mass is 35.5. The molecule has 0 spiro atoms. The Balaban J connectivity index is 0.000000170. The zero-order valence-corrected chi connectivity index (χ0v) is 59.0. The number of ketones is 1. The summed E-state index contributed by atoms with van der Waals surface area (Å²) in [5.41, 5.74) is 6.57. The van der Waals surface area contributed by atoms with Crippen molar-refractivity contribution in [3.05, 3.63) is 209 Å². The molecule has 3 aromatic heterocycles. The van der Waals surface area contributed by atoms with Gasteiger partial charge < -0.3 is 43.2 Å². The van der Waals surface area contributed by atoms with Crippen LogP contribution in [0.15, 0.2) is 152 Å². The SMILES string of the molecule is C#CCOC(=O)[C@@H](C)Oc1ccc(Oc2ncc(Cl)cc2F)cc1.CCOC(=O)C1=NOC(c2ccccc2)(c2ccccc2)C1.CCc1cc(C)cc(CC)c1-c1c(OC(=O)C(C)(C)C)n2n(c1=O)CCOCC2.Cc1c(C(=O)c2c[nH]n(C)c2=O)ccc(S(C)(=O)=O)c1C1=NOCC1. The van der Waals surface area contributed by atoms with Gasteiger partial charge in [-0.15, -0.1) is 6.42 Å². The van der Waals surface area contributed by atoms with Crippen LogP contribution in [-0.2, 0) is 86.7 Å². The number of terminal acetylenes is 1. The predicted octanol–water partition coefficient (Wildman–Crippen LogP) is 11.4. The zero-order chi connectivity index (χ0) is 72.6. The average molecular weight is 1410 g/mol. The van der Waals surface area contributed by atoms with E-state index in [9.17, 15) is 41.6 Å². The number of aromatic amines is 1. The van der Waals surface area contributed by atoms with Gasteiger partial charge in [0.15, 0.2) is 45.5 Å². The molecule has 23 nitrogen and oxygen atoms in total. The number of sulfone groups is 1. The summed E-state index contributed by atoms with van der Waals surface area (Å²) in [6.07, 6.45) is 10.3. The lowest BCUT2D eigenvalue weighted by molar-refractivity contribution is -0.149. The van der Waals surface area contributed by atoms with Crippen LogP contribution in [0.3, 0.4) is 0 Å². The Kier molecular flexibility index (Phi) is 25.2. The van der Waals surface area contributed by atoms with Gasteiger partial charge in [-0.1, -0.05) is 120 Å². The van der Waals surface area contributed by atoms with E-state index in [2.05, 4.69) is 59.2 Å². The van der Waals surface area contributed by atoms with Crippen LogP contribution in [0.2, 0.25) is 5.02 Å². The summed E-state index contributed by atoms with van der Waals surface area (Å²) in [4.78, 5) is 89.3. The molecule has 1 atom stereocenters. The number of pyridine rings is 1. The first-order chi connectivity index (χ1) is 47.6. The maximum absolute atomic E-state index is 13.6. The molecule has 1 N–H and O–H groups in total. The van der Waals surface area contributed by atoms with Crippen molar-refractivity contribution in [1.82, 2.24) is 24.1 Å². The van der Waals surface area contributed by atoms with E-state index in [-0.39, 0.29) is 45.1 Å². The van der Waals surface area contributed by atoms with E-state index in [0.717, 1.165) is 53.0 Å². The molecule has 0 unspecified atom stereocenters. The molecule has 0 bridgehead atoms. The van der Waals surface area contributed by atoms with E-state index >= 15 is 0 Å². The van der Waals surface area contributed by atoms with E-state index in [1.54, 1.807) is 47.5 Å². The van der Waals surface area contributed by atoms with Crippen LogP contribution < -0.4 is 25.3 Å². The lowest BCUT2D eigenvalue weighted by Gasteiger charge is -2.27. The van der Waals surface area contributed by atoms with Crippen molar-refractivity contribution in [3.8, 4) is 46.7 Å². The van der Waals surface area contributed by atoms with Crippen LogP contribution in [0, 0.1) is 37.4 Å². The van der Waals surface area contributed by atoms with Gasteiger partial charge in [-0.2, -0.15) is 0 Å². The number of nitrogens with one attached hydrogen (secondary N) is 1. The van der Waals surface area contributed by atoms with E-state index in [0.29, 0.717) is 97.9 Å². The van der Waals surface area contributed by atoms with E-state index in [4.69, 9.17) is 56.1 Å². The fourth-order valence-corrected chi connectivity index (χ4v) is 12.1. The van der Waals surface area contributed by atoms with Gasteiger partial charge in [0.25, 0.3) is 17.0 Å². The molecule has 0 aliphatic carbocycles. The minimum atomic E-state index is -3.52. The maximum atomic E-state index is 13.6. The summed E-state index contributed by atoms with van der Waals surface area (Å²) in [6.45, 7) is 19.1. The number of carbonyl (C=O) groups is 4. The maximum Gasteiger partial charge on any atom is 0.356 e. The second-order valence-electron chi connectivity index (χ2n) is 24.2. The van der Waals surface area contributed by atoms with Crippen LogP contribution in [0.25, 0.3) is 11.1 Å². The number of ether oxygens (including phenoxy) is 6. The second kappa shape index (κ2) is 33.4. The molecule has 3 aliphatic heterocycles. The lowest BCUT2D eigenvalue weighted by Crippen LogP contribution is -2.29. The molecule has 26 heteroatoms. The van der Waals surface area contributed by atoms with Crippen molar-refractivity contribution >= 4 is 56.6 Å². The Hall–Kier alpha value is -10.4. The van der Waals surface area contributed by atoms with Crippen molar-refractivity contribution in [3.63, 3.8) is 0 Å². The molecule has 0 amide bonds. The minimum Gasteiger partial charge on any atom is -0.479 e. The predicted molar refractivity (Wildman–Crippen MR) is 373 cm³/mol. The monoisotopic (exact) mass is 1410 g/mol. The number of H-pyrrole nitrogens is 1. The molecule has 8 aromatic rings. The summed E-state index contributed by atoms with van der Waals surface area (Å²) >= 11 is 5.62. The number of oxime groups is 2. The number of hydrogen-bond acceptors (Lipinski definition) is 19. The highest BCUT2D eigenvalue weighted by molar-refractivity contribution is 7.90. The smallest absolute Gasteiger partial charge is 0.356 e. The van der Waals surface area contributed by atoms with Gasteiger partial charge in [0, 0.05) is 54.4 Å².